The van der Waals surface area contributed by atoms with E-state index < -0.39 is 53.5 Å². The maximum absolute atomic E-state index is 13.9. The summed E-state index contributed by atoms with van der Waals surface area (Å²) in [6.45, 7) is 18.1. The molecule has 0 fully saturated rings. The summed E-state index contributed by atoms with van der Waals surface area (Å²) in [7, 11) is -3.21. The van der Waals surface area contributed by atoms with Gasteiger partial charge in [-0.25, -0.2) is 41.5 Å². The third-order valence-electron chi connectivity index (χ3n) is 13.4. The number of hydrogen-bond acceptors (Lipinski definition) is 10. The van der Waals surface area contributed by atoms with Crippen LogP contribution in [0.25, 0.3) is 44.1 Å². The molecule has 21 heteroatoms. The SMILES string of the molecule is CC(C)(C)S(N)(=O)=O.CCC[C@@H](CC(=O)NS(=O)(=O)C(C)(C)C)n1c(=O)n(Cc2cn(C)c3cccc(C)c23)c2cccnc21.CCC[C@@H](CC(=O)O)n1c(=O)n(Cc2cn(C)c3cccc(C)c23)c2cccnc21. The van der Waals surface area contributed by atoms with E-state index in [4.69, 9.17) is 5.14 Å². The first-order valence-electron chi connectivity index (χ1n) is 25.0. The number of carboxylic acid groups (broad SMARTS) is 1. The van der Waals surface area contributed by atoms with Crippen molar-refractivity contribution >= 4 is 76.1 Å². The lowest BCUT2D eigenvalue weighted by atomic mass is 10.1. The Morgan fingerprint density at radius 3 is 1.39 bits per heavy atom. The zero-order valence-electron chi connectivity index (χ0n) is 45.1. The molecule has 0 radical (unpaired) electrons. The highest BCUT2D eigenvalue weighted by molar-refractivity contribution is 7.91. The average molecular weight is 1070 g/mol. The van der Waals surface area contributed by atoms with Gasteiger partial charge in [-0.2, -0.15) is 0 Å². The number of pyridine rings is 2. The predicted octanol–water partition coefficient (Wildman–Crippen LogP) is 7.96. The third kappa shape index (κ3) is 12.3. The van der Waals surface area contributed by atoms with Crippen molar-refractivity contribution in [2.75, 3.05) is 0 Å². The van der Waals surface area contributed by atoms with Crippen LogP contribution < -0.4 is 21.2 Å². The highest BCUT2D eigenvalue weighted by atomic mass is 32.2. The standard InChI is InChI=1S/C27H35N5O4S.C23H26N4O3.C4H11NO2S/c1-7-10-20(15-23(33)29-37(35,36)27(3,4)5)32-25-22(13-9-14-28-25)31(26(32)34)17-19-16-30(6)21-12-8-11-18(2)24(19)21;1-4-7-17(12-20(28)29)27-22-19(10-6-11-24-22)26(23(27)30)14-16-13-25(3)18-9-5-8-15(2)21(16)18;1-4(2,3)8(5,6)7/h8-9,11-14,16,20H,7,10,15,17H2,1-6H3,(H,29,33);5-6,8-11,13,17H,4,7,12,14H2,1-3H3,(H,28,29);1-3H3,(H2,5,6,7)/t20-;17-;/m00./s1. The van der Waals surface area contributed by atoms with Gasteiger partial charge in [-0.15, -0.1) is 0 Å². The normalized spacial score (nSPS) is 13.1. The zero-order chi connectivity index (χ0) is 55.5. The molecule has 2 aromatic carbocycles. The lowest BCUT2D eigenvalue weighted by Crippen LogP contribution is -2.43. The number of carbonyl (C=O) groups is 2. The van der Waals surface area contributed by atoms with Gasteiger partial charge in [0.1, 0.15) is 0 Å². The van der Waals surface area contributed by atoms with Gasteiger partial charge in [0.2, 0.25) is 26.0 Å². The fourth-order valence-corrected chi connectivity index (χ4v) is 9.99. The first-order chi connectivity index (χ1) is 35.0. The topological polar surface area (TPSA) is 250 Å². The van der Waals surface area contributed by atoms with E-state index in [1.54, 1.807) is 57.5 Å². The summed E-state index contributed by atoms with van der Waals surface area (Å²) in [5.41, 5.74) is 8.49. The van der Waals surface area contributed by atoms with Crippen molar-refractivity contribution in [3.63, 3.8) is 0 Å². The summed E-state index contributed by atoms with van der Waals surface area (Å²) >= 11 is 0. The molecule has 0 bridgehead atoms. The Balaban J connectivity index is 0.000000216. The Labute approximate surface area is 438 Å². The Kier molecular flexibility index (Phi) is 17.3. The summed E-state index contributed by atoms with van der Waals surface area (Å²) < 4.78 is 56.9. The molecule has 8 aromatic rings. The van der Waals surface area contributed by atoms with Crippen LogP contribution in [-0.4, -0.2) is 80.7 Å². The number of rotatable bonds is 15. The van der Waals surface area contributed by atoms with Crippen LogP contribution in [0.1, 0.15) is 128 Å². The summed E-state index contributed by atoms with van der Waals surface area (Å²) in [5.74, 6) is -1.55. The minimum atomic E-state index is -3.86. The molecule has 6 heterocycles. The third-order valence-corrected chi connectivity index (χ3v) is 17.2. The first kappa shape index (κ1) is 57.4. The summed E-state index contributed by atoms with van der Waals surface area (Å²) in [5, 5.41) is 16.4. The van der Waals surface area contributed by atoms with Crippen LogP contribution in [0.15, 0.2) is 95.0 Å². The van der Waals surface area contributed by atoms with E-state index in [0.29, 0.717) is 49.2 Å². The van der Waals surface area contributed by atoms with Crippen molar-refractivity contribution in [2.24, 2.45) is 19.2 Å². The number of aliphatic carboxylic acids is 1. The lowest BCUT2D eigenvalue weighted by Gasteiger charge is -2.21. The molecule has 4 N–H and O–H groups in total. The van der Waals surface area contributed by atoms with Gasteiger partial charge in [-0.1, -0.05) is 51.0 Å². The molecule has 0 aliphatic rings. The van der Waals surface area contributed by atoms with Gasteiger partial charge in [0.25, 0.3) is 0 Å². The number of hydrogen-bond donors (Lipinski definition) is 3. The Hall–Kier alpha value is -6.84. The predicted molar refractivity (Wildman–Crippen MR) is 296 cm³/mol. The van der Waals surface area contributed by atoms with E-state index in [1.807, 2.05) is 64.5 Å². The second-order valence-electron chi connectivity index (χ2n) is 21.1. The van der Waals surface area contributed by atoms with Crippen molar-refractivity contribution in [3.8, 4) is 0 Å². The molecule has 6 aromatic heterocycles. The fourth-order valence-electron chi connectivity index (χ4n) is 9.30. The zero-order valence-corrected chi connectivity index (χ0v) is 46.7. The molecule has 0 unspecified atom stereocenters. The van der Waals surface area contributed by atoms with Gasteiger partial charge in [0.05, 0.1) is 46.1 Å². The van der Waals surface area contributed by atoms with Crippen LogP contribution in [0.4, 0.5) is 0 Å². The van der Waals surface area contributed by atoms with Crippen molar-refractivity contribution in [2.45, 2.75) is 142 Å². The summed E-state index contributed by atoms with van der Waals surface area (Å²) in [6, 6.07) is 18.7. The number of amides is 1. The summed E-state index contributed by atoms with van der Waals surface area (Å²) in [4.78, 5) is 60.6. The molecule has 2 atom stereocenters. The van der Waals surface area contributed by atoms with E-state index in [0.717, 1.165) is 56.0 Å². The maximum atomic E-state index is 13.9. The van der Waals surface area contributed by atoms with Gasteiger partial charge in [-0.05, 0) is 127 Å². The highest BCUT2D eigenvalue weighted by Gasteiger charge is 2.33. The minimum Gasteiger partial charge on any atom is -0.481 e. The van der Waals surface area contributed by atoms with Crippen LogP contribution >= 0.6 is 0 Å². The van der Waals surface area contributed by atoms with Gasteiger partial charge in [0.15, 0.2) is 11.3 Å². The van der Waals surface area contributed by atoms with E-state index in [2.05, 4.69) is 68.1 Å². The molecule has 0 saturated heterocycles. The monoisotopic (exact) mass is 1070 g/mol. The van der Waals surface area contributed by atoms with Crippen LogP contribution in [-0.2, 0) is 56.8 Å². The Morgan fingerprint density at radius 1 is 0.640 bits per heavy atom. The van der Waals surface area contributed by atoms with Crippen LogP contribution in [0, 0.1) is 13.8 Å². The Morgan fingerprint density at radius 2 is 1.03 bits per heavy atom. The maximum Gasteiger partial charge on any atom is 0.330 e. The van der Waals surface area contributed by atoms with E-state index in [9.17, 15) is 41.1 Å². The number of carboxylic acids is 1. The quantitative estimate of drug-likeness (QED) is 0.0888. The van der Waals surface area contributed by atoms with Crippen LogP contribution in [0.3, 0.4) is 0 Å². The number of nitrogens with zero attached hydrogens (tertiary/aromatic N) is 8. The van der Waals surface area contributed by atoms with Crippen LogP contribution in [0.5, 0.6) is 0 Å². The van der Waals surface area contributed by atoms with Gasteiger partial charge in [-0.3, -0.25) is 32.6 Å². The molecule has 0 spiro atoms. The number of fused-ring (bicyclic) bond motifs is 4. The number of nitrogens with two attached hydrogens (primary N) is 1. The smallest absolute Gasteiger partial charge is 0.330 e. The molecule has 75 heavy (non-hydrogen) atoms. The molecular formula is C54H72N10O9S2. The number of sulfonamides is 2. The molecule has 0 aliphatic carbocycles. The van der Waals surface area contributed by atoms with E-state index in [1.165, 1.54) is 20.8 Å². The molecule has 19 nitrogen and oxygen atoms in total. The van der Waals surface area contributed by atoms with E-state index in [-0.39, 0.29) is 24.2 Å². The number of imidazole rings is 2. The first-order valence-corrected chi connectivity index (χ1v) is 28.0. The number of primary sulfonamides is 1. The Bertz CT molecular complexity index is 3750. The van der Waals surface area contributed by atoms with Gasteiger partial charge >= 0.3 is 17.3 Å². The molecule has 0 aliphatic heterocycles. The molecule has 1 amide bonds. The second-order valence-corrected chi connectivity index (χ2v) is 25.9. The lowest BCUT2D eigenvalue weighted by molar-refractivity contribution is -0.138. The largest absolute Gasteiger partial charge is 0.481 e. The van der Waals surface area contributed by atoms with Crippen LogP contribution in [0.2, 0.25) is 0 Å². The van der Waals surface area contributed by atoms with E-state index >= 15 is 0 Å². The van der Waals surface area contributed by atoms with Gasteiger partial charge < -0.3 is 14.2 Å². The molecule has 8 rings (SSSR count). The van der Waals surface area contributed by atoms with Crippen molar-refractivity contribution in [1.29, 1.82) is 0 Å². The highest BCUT2D eigenvalue weighted by Crippen LogP contribution is 2.30. The average Bonchev–Trinajstić information content (AvgIpc) is 3.99. The van der Waals surface area contributed by atoms with Gasteiger partial charge in [0, 0.05) is 73.2 Å². The fraction of sp³-hybridized carbons (Fsp3) is 0.444. The minimum absolute atomic E-state index is 0.100. The number of aromatic nitrogens is 8. The number of aryl methyl sites for hydroxylation is 4. The van der Waals surface area contributed by atoms with Crippen molar-refractivity contribution < 1.29 is 31.5 Å². The molecule has 404 valence electrons. The number of benzene rings is 2. The number of carbonyl (C=O) groups excluding carboxylic acids is 1. The molecular weight excluding hydrogens is 997 g/mol. The second kappa shape index (κ2) is 22.6. The van der Waals surface area contributed by atoms with Crippen molar-refractivity contribution in [3.05, 3.63) is 129 Å². The van der Waals surface area contributed by atoms with Crippen molar-refractivity contribution in [1.82, 2.24) is 42.1 Å². The summed E-state index contributed by atoms with van der Waals surface area (Å²) in [6.07, 6.45) is 9.74. The molecule has 0 saturated carbocycles. The number of nitrogens with one attached hydrogen (secondary N) is 1.